The first-order valence-electron chi connectivity index (χ1n) is 28.8. The third kappa shape index (κ3) is 54.2. The summed E-state index contributed by atoms with van der Waals surface area (Å²) in [6, 6.07) is 0. The summed E-state index contributed by atoms with van der Waals surface area (Å²) in [7, 11) is 0. The Morgan fingerprint density at radius 1 is 0.333 bits per heavy atom. The molecule has 0 radical (unpaired) electrons. The summed E-state index contributed by atoms with van der Waals surface area (Å²) in [5.41, 5.74) is 0. The Kier molecular flexibility index (Phi) is 54.9. The molecule has 5 heteroatoms. The third-order valence-electron chi connectivity index (χ3n) is 12.5. The van der Waals surface area contributed by atoms with Gasteiger partial charge in [-0.2, -0.15) is 0 Å². The number of rotatable bonds is 53. The molecule has 0 aromatic heterocycles. The second-order valence-corrected chi connectivity index (χ2v) is 19.2. The molecule has 0 amide bonds. The predicted octanol–water partition coefficient (Wildman–Crippen LogP) is 19.7. The monoisotopic (exact) mass is 923 g/mol. The SMILES string of the molecule is CCCCC/C=C\C/C=C\CCCCCCCCCCCCOCC(COC(=O)CCCCCCC/C=C\C/C=C\CCCCC)OC(=O)CCCCCCC/C=C\CCCCCCCC. The van der Waals surface area contributed by atoms with Crippen molar-refractivity contribution in [2.45, 2.75) is 297 Å². The summed E-state index contributed by atoms with van der Waals surface area (Å²) in [5.74, 6) is -0.414. The van der Waals surface area contributed by atoms with Gasteiger partial charge in [0.15, 0.2) is 6.10 Å². The summed E-state index contributed by atoms with van der Waals surface area (Å²) in [5, 5.41) is 0. The Balaban J connectivity index is 4.28. The van der Waals surface area contributed by atoms with E-state index >= 15 is 0 Å². The van der Waals surface area contributed by atoms with Gasteiger partial charge < -0.3 is 14.2 Å². The van der Waals surface area contributed by atoms with Crippen LogP contribution in [0.4, 0.5) is 0 Å². The van der Waals surface area contributed by atoms with Crippen molar-refractivity contribution in [2.24, 2.45) is 0 Å². The van der Waals surface area contributed by atoms with Crippen LogP contribution < -0.4 is 0 Å². The molecule has 0 spiro atoms. The van der Waals surface area contributed by atoms with Gasteiger partial charge in [-0.15, -0.1) is 0 Å². The van der Waals surface area contributed by atoms with Gasteiger partial charge in [0.1, 0.15) is 6.61 Å². The quantitative estimate of drug-likeness (QED) is 0.0346. The number of carbonyl (C=O) groups excluding carboxylic acids is 2. The fraction of sp³-hybridized carbons (Fsp3) is 0.803. The maximum absolute atomic E-state index is 12.8. The minimum absolute atomic E-state index is 0.0742. The normalized spacial score (nSPS) is 12.6. The van der Waals surface area contributed by atoms with E-state index in [-0.39, 0.29) is 25.2 Å². The lowest BCUT2D eigenvalue weighted by atomic mass is 10.1. The molecule has 0 bridgehead atoms. The Hall–Kier alpha value is -2.40. The van der Waals surface area contributed by atoms with Crippen molar-refractivity contribution >= 4 is 11.9 Å². The van der Waals surface area contributed by atoms with Crippen LogP contribution in [0.1, 0.15) is 290 Å². The van der Waals surface area contributed by atoms with Crippen molar-refractivity contribution in [1.29, 1.82) is 0 Å². The molecule has 66 heavy (non-hydrogen) atoms. The number of allylic oxidation sites excluding steroid dienone is 10. The largest absolute Gasteiger partial charge is 0.462 e. The molecule has 0 aliphatic heterocycles. The molecular weight excluding hydrogens is 813 g/mol. The average molecular weight is 924 g/mol. The molecule has 5 nitrogen and oxygen atoms in total. The third-order valence-corrected chi connectivity index (χ3v) is 12.5. The summed E-state index contributed by atoms with van der Waals surface area (Å²) in [4.78, 5) is 25.5. The van der Waals surface area contributed by atoms with Gasteiger partial charge in [-0.1, -0.05) is 229 Å². The Bertz CT molecular complexity index is 1130. The van der Waals surface area contributed by atoms with E-state index in [4.69, 9.17) is 14.2 Å². The predicted molar refractivity (Wildman–Crippen MR) is 288 cm³/mol. The van der Waals surface area contributed by atoms with Crippen molar-refractivity contribution in [2.75, 3.05) is 19.8 Å². The van der Waals surface area contributed by atoms with Crippen molar-refractivity contribution in [3.05, 3.63) is 60.8 Å². The molecule has 0 saturated heterocycles. The number of ether oxygens (including phenoxy) is 3. The summed E-state index contributed by atoms with van der Waals surface area (Å²) < 4.78 is 17.5. The molecule has 0 aromatic carbocycles. The van der Waals surface area contributed by atoms with Gasteiger partial charge >= 0.3 is 11.9 Å². The van der Waals surface area contributed by atoms with E-state index in [0.717, 1.165) is 77.0 Å². The van der Waals surface area contributed by atoms with Gasteiger partial charge in [-0.3, -0.25) is 9.59 Å². The second kappa shape index (κ2) is 56.9. The van der Waals surface area contributed by atoms with Crippen LogP contribution in [0.25, 0.3) is 0 Å². The second-order valence-electron chi connectivity index (χ2n) is 19.2. The van der Waals surface area contributed by atoms with E-state index in [2.05, 4.69) is 81.5 Å². The topological polar surface area (TPSA) is 61.8 Å². The van der Waals surface area contributed by atoms with Gasteiger partial charge in [-0.05, 0) is 109 Å². The standard InChI is InChI=1S/C61H110O5/c1-4-7-10-13-16-19-22-25-28-29-30-31-32-35-38-41-44-47-50-53-56-64-57-59(66-61(63)55-52-49-46-43-40-37-34-27-24-21-18-15-12-9-6-3)58-65-60(62)54-51-48-45-42-39-36-33-26-23-20-17-14-11-8-5-2/h16-17,19-20,25-28,33-34,59H,4-15,18,21-24,29-32,35-58H2,1-3H3/b19-16-,20-17-,28-25-,33-26-,34-27-. The molecule has 384 valence electrons. The van der Waals surface area contributed by atoms with Gasteiger partial charge in [0.2, 0.25) is 0 Å². The van der Waals surface area contributed by atoms with Crippen LogP contribution in [0.3, 0.4) is 0 Å². The molecule has 1 unspecified atom stereocenters. The van der Waals surface area contributed by atoms with Gasteiger partial charge in [0.05, 0.1) is 6.61 Å². The lowest BCUT2D eigenvalue weighted by molar-refractivity contribution is -0.163. The van der Waals surface area contributed by atoms with E-state index in [1.54, 1.807) is 0 Å². The van der Waals surface area contributed by atoms with Crippen molar-refractivity contribution < 1.29 is 23.8 Å². The number of hydrogen-bond donors (Lipinski definition) is 0. The Labute approximate surface area is 411 Å². The average Bonchev–Trinajstić information content (AvgIpc) is 3.32. The van der Waals surface area contributed by atoms with Crippen LogP contribution in [0, 0.1) is 0 Å². The molecule has 0 aliphatic rings. The van der Waals surface area contributed by atoms with Crippen LogP contribution in [0.5, 0.6) is 0 Å². The Morgan fingerprint density at radius 3 is 1.05 bits per heavy atom. The van der Waals surface area contributed by atoms with Crippen molar-refractivity contribution in [3.8, 4) is 0 Å². The highest BCUT2D eigenvalue weighted by atomic mass is 16.6. The van der Waals surface area contributed by atoms with E-state index < -0.39 is 6.10 Å². The van der Waals surface area contributed by atoms with E-state index in [0.29, 0.717) is 19.4 Å². The summed E-state index contributed by atoms with van der Waals surface area (Å²) in [6.45, 7) is 7.78. The fourth-order valence-corrected chi connectivity index (χ4v) is 8.15. The zero-order chi connectivity index (χ0) is 47.7. The smallest absolute Gasteiger partial charge is 0.306 e. The fourth-order valence-electron chi connectivity index (χ4n) is 8.15. The number of carbonyl (C=O) groups is 2. The molecule has 1 atom stereocenters. The highest BCUT2D eigenvalue weighted by Gasteiger charge is 2.17. The van der Waals surface area contributed by atoms with E-state index in [1.807, 2.05) is 0 Å². The molecule has 0 aliphatic carbocycles. The first-order chi connectivity index (χ1) is 32.6. The molecule has 0 fully saturated rings. The molecular formula is C61H110O5. The Morgan fingerprint density at radius 2 is 0.636 bits per heavy atom. The van der Waals surface area contributed by atoms with Crippen molar-refractivity contribution in [3.63, 3.8) is 0 Å². The van der Waals surface area contributed by atoms with E-state index in [1.165, 1.54) is 180 Å². The maximum Gasteiger partial charge on any atom is 0.306 e. The number of hydrogen-bond acceptors (Lipinski definition) is 5. The summed E-state index contributed by atoms with van der Waals surface area (Å²) >= 11 is 0. The van der Waals surface area contributed by atoms with Crippen LogP contribution in [0.15, 0.2) is 60.8 Å². The zero-order valence-corrected chi connectivity index (χ0v) is 44.2. The number of esters is 2. The highest BCUT2D eigenvalue weighted by molar-refractivity contribution is 5.70. The molecule has 0 rings (SSSR count). The van der Waals surface area contributed by atoms with Gasteiger partial charge in [0.25, 0.3) is 0 Å². The van der Waals surface area contributed by atoms with Crippen LogP contribution >= 0.6 is 0 Å². The minimum atomic E-state index is -0.549. The summed E-state index contributed by atoms with van der Waals surface area (Å²) in [6.07, 6.45) is 72.4. The van der Waals surface area contributed by atoms with Gasteiger partial charge in [0, 0.05) is 19.4 Å². The first-order valence-corrected chi connectivity index (χ1v) is 28.8. The lowest BCUT2D eigenvalue weighted by Gasteiger charge is -2.18. The minimum Gasteiger partial charge on any atom is -0.462 e. The number of unbranched alkanes of at least 4 members (excludes halogenated alkanes) is 32. The lowest BCUT2D eigenvalue weighted by Crippen LogP contribution is -2.30. The van der Waals surface area contributed by atoms with Crippen LogP contribution in [0.2, 0.25) is 0 Å². The molecule has 0 N–H and O–H groups in total. The molecule has 0 heterocycles. The van der Waals surface area contributed by atoms with Crippen molar-refractivity contribution in [1.82, 2.24) is 0 Å². The molecule has 0 aromatic rings. The van der Waals surface area contributed by atoms with Crippen LogP contribution in [-0.2, 0) is 23.8 Å². The first kappa shape index (κ1) is 63.6. The molecule has 0 saturated carbocycles. The van der Waals surface area contributed by atoms with E-state index in [9.17, 15) is 9.59 Å². The zero-order valence-electron chi connectivity index (χ0n) is 44.2. The maximum atomic E-state index is 12.8. The highest BCUT2D eigenvalue weighted by Crippen LogP contribution is 2.15. The van der Waals surface area contributed by atoms with Gasteiger partial charge in [-0.25, -0.2) is 0 Å². The van der Waals surface area contributed by atoms with Crippen LogP contribution in [-0.4, -0.2) is 37.9 Å².